The monoisotopic (exact) mass is 420 g/mol. The summed E-state index contributed by atoms with van der Waals surface area (Å²) < 4.78 is 5.44. The zero-order valence-corrected chi connectivity index (χ0v) is 16.7. The molecule has 2 aromatic heterocycles. The summed E-state index contributed by atoms with van der Waals surface area (Å²) in [7, 11) is 0. The number of carbonyl (C=O) groups is 1. The summed E-state index contributed by atoms with van der Waals surface area (Å²) in [6.45, 7) is 1.68. The Morgan fingerprint density at radius 1 is 1.17 bits per heavy atom. The number of aryl methyl sites for hydroxylation is 1. The number of nitro groups is 1. The van der Waals surface area contributed by atoms with Crippen molar-refractivity contribution in [3.8, 4) is 22.7 Å². The Morgan fingerprint density at radius 2 is 1.97 bits per heavy atom. The fourth-order valence-corrected chi connectivity index (χ4v) is 3.59. The van der Waals surface area contributed by atoms with Gasteiger partial charge in [-0.3, -0.25) is 14.9 Å². The van der Waals surface area contributed by atoms with Crippen LogP contribution in [-0.4, -0.2) is 20.8 Å². The summed E-state index contributed by atoms with van der Waals surface area (Å²) >= 11 is 1.25. The number of nitro benzene ring substituents is 1. The summed E-state index contributed by atoms with van der Waals surface area (Å²) in [5.74, 6) is 0.176. The Labute approximate surface area is 175 Å². The van der Waals surface area contributed by atoms with E-state index >= 15 is 0 Å². The third-order valence-corrected chi connectivity index (χ3v) is 5.12. The molecular weight excluding hydrogens is 404 g/mol. The van der Waals surface area contributed by atoms with Crippen molar-refractivity contribution < 1.29 is 14.1 Å². The molecule has 0 aliphatic rings. The number of benzene rings is 2. The second-order valence-corrected chi connectivity index (χ2v) is 7.39. The minimum absolute atomic E-state index is 0.0336. The summed E-state index contributed by atoms with van der Waals surface area (Å²) in [5, 5.41) is 16.0. The number of hydrogen-bond acceptors (Lipinski definition) is 7. The number of anilines is 1. The predicted molar refractivity (Wildman–Crippen MR) is 113 cm³/mol. The molecule has 0 unspecified atom stereocenters. The Bertz CT molecular complexity index is 1220. The highest BCUT2D eigenvalue weighted by Crippen LogP contribution is 2.29. The van der Waals surface area contributed by atoms with Crippen molar-refractivity contribution in [1.29, 1.82) is 0 Å². The number of oxazole rings is 1. The third kappa shape index (κ3) is 4.26. The highest BCUT2D eigenvalue weighted by atomic mass is 32.1. The number of thiazole rings is 1. The van der Waals surface area contributed by atoms with Crippen molar-refractivity contribution in [2.45, 2.75) is 13.3 Å². The van der Waals surface area contributed by atoms with Crippen molar-refractivity contribution in [1.82, 2.24) is 9.97 Å². The molecule has 0 saturated heterocycles. The second kappa shape index (κ2) is 8.26. The minimum Gasteiger partial charge on any atom is -0.444 e. The number of nitrogens with zero attached hydrogens (tertiary/aromatic N) is 3. The lowest BCUT2D eigenvalue weighted by Gasteiger charge is -2.01. The topological polar surface area (TPSA) is 111 Å². The first-order valence-electron chi connectivity index (χ1n) is 9.00. The molecule has 0 bridgehead atoms. The first-order chi connectivity index (χ1) is 14.5. The average Bonchev–Trinajstić information content (AvgIpc) is 3.38. The van der Waals surface area contributed by atoms with Gasteiger partial charge in [-0.1, -0.05) is 30.3 Å². The molecule has 0 radical (unpaired) electrons. The molecule has 4 rings (SSSR count). The number of hydrogen-bond donors (Lipinski definition) is 1. The summed E-state index contributed by atoms with van der Waals surface area (Å²) in [4.78, 5) is 31.8. The van der Waals surface area contributed by atoms with Gasteiger partial charge in [0, 0.05) is 28.1 Å². The van der Waals surface area contributed by atoms with E-state index in [1.54, 1.807) is 24.4 Å². The largest absolute Gasteiger partial charge is 0.444 e. The van der Waals surface area contributed by atoms with E-state index in [9.17, 15) is 14.9 Å². The normalized spacial score (nSPS) is 10.7. The minimum atomic E-state index is -0.421. The maximum Gasteiger partial charge on any atom is 0.272 e. The summed E-state index contributed by atoms with van der Waals surface area (Å²) in [6.07, 6.45) is 1.50. The fourth-order valence-electron chi connectivity index (χ4n) is 2.86. The SMILES string of the molecule is Cc1ccc(-c2csc(NC(=O)Cc3coc(-c4ccccc4)n3)n2)cc1[N+](=O)[O-]. The number of amides is 1. The predicted octanol–water partition coefficient (Wildman–Crippen LogP) is 4.86. The van der Waals surface area contributed by atoms with Gasteiger partial charge in [-0.25, -0.2) is 9.97 Å². The quantitative estimate of drug-likeness (QED) is 0.352. The molecule has 30 heavy (non-hydrogen) atoms. The van der Waals surface area contributed by atoms with Gasteiger partial charge < -0.3 is 9.73 Å². The third-order valence-electron chi connectivity index (χ3n) is 4.37. The van der Waals surface area contributed by atoms with Crippen LogP contribution < -0.4 is 5.32 Å². The number of rotatable bonds is 6. The van der Waals surface area contributed by atoms with E-state index < -0.39 is 4.92 Å². The van der Waals surface area contributed by atoms with Gasteiger partial charge in [-0.05, 0) is 19.1 Å². The Morgan fingerprint density at radius 3 is 2.73 bits per heavy atom. The first kappa shape index (κ1) is 19.5. The Hall–Kier alpha value is -3.85. The summed E-state index contributed by atoms with van der Waals surface area (Å²) in [5.41, 5.74) is 3.14. The van der Waals surface area contributed by atoms with Gasteiger partial charge in [0.2, 0.25) is 11.8 Å². The second-order valence-electron chi connectivity index (χ2n) is 6.53. The molecule has 1 N–H and O–H groups in total. The van der Waals surface area contributed by atoms with Crippen molar-refractivity contribution in [3.05, 3.63) is 81.5 Å². The lowest BCUT2D eigenvalue weighted by molar-refractivity contribution is -0.385. The molecule has 2 heterocycles. The van der Waals surface area contributed by atoms with Gasteiger partial charge >= 0.3 is 0 Å². The van der Waals surface area contributed by atoms with Crippen molar-refractivity contribution in [2.24, 2.45) is 0 Å². The standard InChI is InChI=1S/C21H16N4O4S/c1-13-7-8-15(9-18(13)25(27)28)17-12-30-21(23-17)24-19(26)10-16-11-29-20(22-16)14-5-3-2-4-6-14/h2-9,11-12H,10H2,1H3,(H,23,24,26). The van der Waals surface area contributed by atoms with Crippen LogP contribution in [0.2, 0.25) is 0 Å². The lowest BCUT2D eigenvalue weighted by atomic mass is 10.1. The smallest absolute Gasteiger partial charge is 0.272 e. The fraction of sp³-hybridized carbons (Fsp3) is 0.0952. The van der Waals surface area contributed by atoms with Crippen molar-refractivity contribution in [2.75, 3.05) is 5.32 Å². The van der Waals surface area contributed by atoms with E-state index in [4.69, 9.17) is 4.42 Å². The molecule has 0 saturated carbocycles. The Kier molecular flexibility index (Phi) is 5.36. The van der Waals surface area contributed by atoms with Crippen LogP contribution in [0, 0.1) is 17.0 Å². The van der Waals surface area contributed by atoms with E-state index in [0.717, 1.165) is 5.56 Å². The van der Waals surface area contributed by atoms with Crippen LogP contribution in [0.5, 0.6) is 0 Å². The van der Waals surface area contributed by atoms with Crippen molar-refractivity contribution >= 4 is 28.1 Å². The van der Waals surface area contributed by atoms with Gasteiger partial charge in [0.05, 0.1) is 22.7 Å². The molecular formula is C21H16N4O4S. The Balaban J connectivity index is 1.43. The van der Waals surface area contributed by atoms with Gasteiger partial charge in [0.25, 0.3) is 5.69 Å². The van der Waals surface area contributed by atoms with E-state index in [-0.39, 0.29) is 18.0 Å². The van der Waals surface area contributed by atoms with Crippen molar-refractivity contribution in [3.63, 3.8) is 0 Å². The molecule has 8 nitrogen and oxygen atoms in total. The maximum atomic E-state index is 12.3. The molecule has 0 atom stereocenters. The molecule has 2 aromatic carbocycles. The van der Waals surface area contributed by atoms with Crippen LogP contribution in [-0.2, 0) is 11.2 Å². The molecule has 9 heteroatoms. The van der Waals surface area contributed by atoms with Crippen LogP contribution in [0.4, 0.5) is 10.8 Å². The zero-order chi connectivity index (χ0) is 21.1. The van der Waals surface area contributed by atoms with E-state index in [1.807, 2.05) is 30.3 Å². The molecule has 0 aliphatic heterocycles. The first-order valence-corrected chi connectivity index (χ1v) is 9.88. The van der Waals surface area contributed by atoms with Gasteiger partial charge in [0.15, 0.2) is 5.13 Å². The lowest BCUT2D eigenvalue weighted by Crippen LogP contribution is -2.14. The molecule has 4 aromatic rings. The number of aromatic nitrogens is 2. The van der Waals surface area contributed by atoms with E-state index in [2.05, 4.69) is 15.3 Å². The molecule has 1 amide bonds. The number of carbonyl (C=O) groups excluding carboxylic acids is 1. The van der Waals surface area contributed by atoms with Crippen LogP contribution >= 0.6 is 11.3 Å². The van der Waals surface area contributed by atoms with Crippen LogP contribution in [0.3, 0.4) is 0 Å². The molecule has 0 fully saturated rings. The average molecular weight is 420 g/mol. The van der Waals surface area contributed by atoms with Gasteiger partial charge in [0.1, 0.15) is 6.26 Å². The van der Waals surface area contributed by atoms with Crippen LogP contribution in [0.25, 0.3) is 22.7 Å². The maximum absolute atomic E-state index is 12.3. The van der Waals surface area contributed by atoms with Gasteiger partial charge in [-0.15, -0.1) is 11.3 Å². The highest BCUT2D eigenvalue weighted by molar-refractivity contribution is 7.14. The molecule has 0 spiro atoms. The zero-order valence-electron chi connectivity index (χ0n) is 15.9. The summed E-state index contributed by atoms with van der Waals surface area (Å²) in [6, 6.07) is 14.4. The number of nitrogens with one attached hydrogen (secondary N) is 1. The van der Waals surface area contributed by atoms with Crippen LogP contribution in [0.15, 0.2) is 64.6 Å². The highest BCUT2D eigenvalue weighted by Gasteiger charge is 2.15. The van der Waals surface area contributed by atoms with E-state index in [0.29, 0.717) is 33.5 Å². The molecule has 0 aliphatic carbocycles. The van der Waals surface area contributed by atoms with E-state index in [1.165, 1.54) is 23.7 Å². The van der Waals surface area contributed by atoms with Crippen LogP contribution in [0.1, 0.15) is 11.3 Å². The molecule has 150 valence electrons. The van der Waals surface area contributed by atoms with Gasteiger partial charge in [-0.2, -0.15) is 0 Å².